The van der Waals surface area contributed by atoms with Crippen LogP contribution in [0.5, 0.6) is 0 Å². The highest BCUT2D eigenvalue weighted by Gasteiger charge is 2.44. The van der Waals surface area contributed by atoms with E-state index in [1.165, 1.54) is 102 Å². The Morgan fingerprint density at radius 3 is 1.12 bits per heavy atom. The van der Waals surface area contributed by atoms with Crippen LogP contribution in [-0.2, 0) is 57.8 Å². The Labute approximate surface area is 695 Å². The Morgan fingerprint density at radius 2 is 0.708 bits per heavy atom. The van der Waals surface area contributed by atoms with Crippen molar-refractivity contribution in [2.45, 2.75) is 108 Å². The summed E-state index contributed by atoms with van der Waals surface area (Å²) in [6.45, 7) is 4.27. The molecule has 10 heterocycles. The maximum absolute atomic E-state index is 15.3. The van der Waals surface area contributed by atoms with Crippen molar-refractivity contribution in [2.24, 2.45) is 9.98 Å². The topological polar surface area (TPSA) is 141 Å². The molecule has 4 atom stereocenters. The van der Waals surface area contributed by atoms with Crippen LogP contribution in [0.2, 0.25) is 5.02 Å². The normalized spacial score (nSPS) is 19.3. The summed E-state index contributed by atoms with van der Waals surface area (Å²) in [4.78, 5) is 54.1. The number of hydrogen-bond acceptors (Lipinski definition) is 14. The number of aliphatic imine (C=N–C) groups is 2. The van der Waals surface area contributed by atoms with Gasteiger partial charge in [0.2, 0.25) is 0 Å². The fraction of sp³-hybridized carbons (Fsp3) is 0.212. The summed E-state index contributed by atoms with van der Waals surface area (Å²) in [5.41, 5.74) is 32.0. The second-order valence-corrected chi connectivity index (χ2v) is 32.4. The summed E-state index contributed by atoms with van der Waals surface area (Å²) in [6, 6.07) is 58.5. The van der Waals surface area contributed by atoms with Gasteiger partial charge in [0.15, 0.2) is 0 Å². The van der Waals surface area contributed by atoms with Gasteiger partial charge in [0.25, 0.3) is 0 Å². The number of nitrogens with zero attached hydrogens (tertiary/aromatic N) is 14. The second-order valence-electron chi connectivity index (χ2n) is 32.0. The SMILES string of the molecule is FC(F)(F)c1cccc(C2C3=C(CCN2c2ncnc4c2C=NC4)c2ccccc2C3)c1.Fc1c(Cl)cccc1C1C2=C(CCN1c1ncnc3c1C=CC3)c1ccccc1C2.Fc1ccc(C2C3=C(CCN2c2ncnc4c2C=CC4)c2ccccc2C3)cc1.Fc1ccc(C2C3=C(CCN2c2ncnc4c2C=NC4)c2ccccc2C3)cc1. The molecule has 0 radical (unpaired) electrons. The van der Waals surface area contributed by atoms with Gasteiger partial charge in [-0.25, -0.2) is 53.0 Å². The fourth-order valence-corrected chi connectivity index (χ4v) is 20.5. The first-order valence-corrected chi connectivity index (χ1v) is 41.3. The number of rotatable bonds is 8. The van der Waals surface area contributed by atoms with Crippen LogP contribution >= 0.6 is 11.6 Å². The number of alkyl halides is 3. The smallest absolute Gasteiger partial charge is 0.345 e. The third-order valence-electron chi connectivity index (χ3n) is 25.6. The van der Waals surface area contributed by atoms with Gasteiger partial charge in [0, 0.05) is 68.1 Å². The minimum absolute atomic E-state index is 0.0275. The molecule has 592 valence electrons. The van der Waals surface area contributed by atoms with Gasteiger partial charge < -0.3 is 19.6 Å². The van der Waals surface area contributed by atoms with E-state index in [-0.39, 0.29) is 46.6 Å². The van der Waals surface area contributed by atoms with Crippen molar-refractivity contribution >= 4 is 81.7 Å². The standard InChI is InChI=1S/C25H19ClFN3.C25H19F3N4.C25H20FN3.C24H19FN4/c26-21-9-3-8-19(23(21)27)24-20-13-15-5-1-2-6-16(15)17(20)11-12-30(24)25-18-7-4-10-22(18)28-14-29-25;26-25(27,28)17-6-3-5-16(10-17)23-20-11-15-4-1-2-7-18(15)19(20)8-9-32(23)24-21-12-29-13-22(21)30-14-31-24;26-18-10-8-16(9-11-18)24-22-14-17-4-1-2-5-19(17)20(22)12-13-29(24)25-21-6-3-7-23(21)27-15-28-25;25-17-7-5-15(6-8-17)23-20-11-16-3-1-2-4-18(16)19(20)9-10-29(23)24-21-12-26-13-22(21)27-14-28-24/h1-9,14,24H,10-13H2;1-7,10,12,14,23H,8-9,11,13H2;1-6,8-11,15,24H,7,12-14H2;1-8,12,14,23H,9-11,13H2. The van der Waals surface area contributed by atoms with Crippen molar-refractivity contribution in [3.8, 4) is 0 Å². The lowest BCUT2D eigenvalue weighted by Gasteiger charge is -2.39. The zero-order valence-corrected chi connectivity index (χ0v) is 66.0. The van der Waals surface area contributed by atoms with E-state index < -0.39 is 11.7 Å². The Hall–Kier alpha value is -13.1. The average molecular weight is 1610 g/mol. The summed E-state index contributed by atoms with van der Waals surface area (Å²) in [5.74, 6) is 2.76. The van der Waals surface area contributed by atoms with E-state index in [2.05, 4.69) is 174 Å². The van der Waals surface area contributed by atoms with Crippen LogP contribution < -0.4 is 19.6 Å². The van der Waals surface area contributed by atoms with Gasteiger partial charge in [-0.05, 0) is 200 Å². The molecular weight excluding hydrogens is 1530 g/mol. The van der Waals surface area contributed by atoms with Gasteiger partial charge in [-0.3, -0.25) is 9.98 Å². The van der Waals surface area contributed by atoms with Crippen molar-refractivity contribution in [3.63, 3.8) is 0 Å². The monoisotopic (exact) mass is 1610 g/mol. The first-order chi connectivity index (χ1) is 58.8. The molecule has 6 aliphatic heterocycles. The van der Waals surface area contributed by atoms with Crippen molar-refractivity contribution in [2.75, 3.05) is 45.8 Å². The molecule has 0 spiro atoms. The predicted molar refractivity (Wildman–Crippen MR) is 459 cm³/mol. The van der Waals surface area contributed by atoms with Crippen LogP contribution in [0.1, 0.15) is 167 Å². The number of benzene rings is 8. The number of allylic oxidation sites excluding steroid dienone is 2. The third kappa shape index (κ3) is 13.2. The molecule has 21 heteroatoms. The Kier molecular flexibility index (Phi) is 19.0. The average Bonchev–Trinajstić information content (AvgIpc) is 1.56. The minimum atomic E-state index is -4.39. The van der Waals surface area contributed by atoms with E-state index in [1.54, 1.807) is 61.6 Å². The lowest BCUT2D eigenvalue weighted by Crippen LogP contribution is -2.36. The van der Waals surface area contributed by atoms with Gasteiger partial charge in [-0.1, -0.05) is 181 Å². The van der Waals surface area contributed by atoms with Gasteiger partial charge in [0.1, 0.15) is 66.0 Å². The van der Waals surface area contributed by atoms with E-state index in [4.69, 9.17) is 16.6 Å². The molecule has 4 unspecified atom stereocenters. The largest absolute Gasteiger partial charge is 0.416 e. The number of hydrogen-bond donors (Lipinski definition) is 0. The highest BCUT2D eigenvalue weighted by molar-refractivity contribution is 6.30. The summed E-state index contributed by atoms with van der Waals surface area (Å²) in [5, 5.41) is 0.156. The zero-order valence-electron chi connectivity index (χ0n) is 65.2. The molecule has 0 saturated heterocycles. The third-order valence-corrected chi connectivity index (χ3v) is 25.9. The van der Waals surface area contributed by atoms with Crippen LogP contribution in [-0.4, -0.2) is 78.5 Å². The number of halogens is 7. The van der Waals surface area contributed by atoms with Gasteiger partial charge in [0.05, 0.1) is 81.7 Å². The van der Waals surface area contributed by atoms with E-state index in [0.29, 0.717) is 30.8 Å². The number of aromatic nitrogens is 8. The summed E-state index contributed by atoms with van der Waals surface area (Å²) in [6.07, 6.45) is 23.0. The lowest BCUT2D eigenvalue weighted by molar-refractivity contribution is -0.137. The van der Waals surface area contributed by atoms with E-state index >= 15 is 4.39 Å². The molecule has 0 amide bonds. The zero-order chi connectivity index (χ0) is 80.9. The summed E-state index contributed by atoms with van der Waals surface area (Å²) < 4.78 is 83.3. The van der Waals surface area contributed by atoms with E-state index in [0.717, 1.165) is 175 Å². The van der Waals surface area contributed by atoms with Crippen molar-refractivity contribution in [3.05, 3.63) is 388 Å². The molecule has 0 fully saturated rings. The van der Waals surface area contributed by atoms with Crippen molar-refractivity contribution in [1.82, 2.24) is 39.9 Å². The minimum Gasteiger partial charge on any atom is -0.345 e. The van der Waals surface area contributed by atoms with Crippen LogP contribution in [0, 0.1) is 17.5 Å². The van der Waals surface area contributed by atoms with Crippen molar-refractivity contribution in [1.29, 1.82) is 0 Å². The Bertz CT molecular complexity index is 6250. The van der Waals surface area contributed by atoms with Gasteiger partial charge in [-0.15, -0.1) is 0 Å². The molecule has 0 N–H and O–H groups in total. The molecule has 14 nitrogen and oxygen atoms in total. The molecule has 12 aromatic rings. The summed E-state index contributed by atoms with van der Waals surface area (Å²) >= 11 is 6.21. The summed E-state index contributed by atoms with van der Waals surface area (Å²) in [7, 11) is 0. The molecule has 6 aliphatic carbocycles. The second kappa shape index (κ2) is 30.7. The van der Waals surface area contributed by atoms with Crippen LogP contribution in [0.3, 0.4) is 0 Å². The van der Waals surface area contributed by atoms with Crippen molar-refractivity contribution < 1.29 is 26.3 Å². The highest BCUT2D eigenvalue weighted by Crippen LogP contribution is 2.55. The first-order valence-electron chi connectivity index (χ1n) is 40.9. The highest BCUT2D eigenvalue weighted by atomic mass is 35.5. The van der Waals surface area contributed by atoms with Crippen LogP contribution in [0.15, 0.2) is 258 Å². The Morgan fingerprint density at radius 1 is 0.350 bits per heavy atom. The van der Waals surface area contributed by atoms with E-state index in [9.17, 15) is 22.0 Å². The molecule has 4 aromatic heterocycles. The van der Waals surface area contributed by atoms with E-state index in [1.807, 2.05) is 54.7 Å². The van der Waals surface area contributed by atoms with Crippen LogP contribution in [0.4, 0.5) is 49.6 Å². The lowest BCUT2D eigenvalue weighted by atomic mass is 9.87. The number of fused-ring (bicyclic) bond motifs is 12. The maximum Gasteiger partial charge on any atom is 0.416 e. The molecule has 24 rings (SSSR count). The molecule has 0 bridgehead atoms. The first kappa shape index (κ1) is 74.5. The molecule has 12 aliphatic rings. The fourth-order valence-electron chi connectivity index (χ4n) is 20.4. The number of anilines is 4. The van der Waals surface area contributed by atoms with Gasteiger partial charge in [-0.2, -0.15) is 13.2 Å². The maximum atomic E-state index is 15.3. The van der Waals surface area contributed by atoms with Gasteiger partial charge >= 0.3 is 6.18 Å². The van der Waals surface area contributed by atoms with Crippen LogP contribution in [0.25, 0.3) is 34.4 Å². The quantitative estimate of drug-likeness (QED) is 0.134. The predicted octanol–water partition coefficient (Wildman–Crippen LogP) is 20.8. The molecular formula is C99H77ClF6N14. The molecule has 8 aromatic carbocycles. The molecule has 0 saturated carbocycles. The molecule has 120 heavy (non-hydrogen) atoms. The Balaban J connectivity index is 0.0000000991.